The van der Waals surface area contributed by atoms with E-state index in [2.05, 4.69) is 31.9 Å². The summed E-state index contributed by atoms with van der Waals surface area (Å²) in [6.07, 6.45) is 0. The van der Waals surface area contributed by atoms with E-state index in [9.17, 15) is 0 Å². The van der Waals surface area contributed by atoms with Gasteiger partial charge in [-0.15, -0.1) is 22.7 Å². The first-order valence-corrected chi connectivity index (χ1v) is 6.89. The number of methoxy groups -OCH3 is 2. The fourth-order valence-corrected chi connectivity index (χ4v) is 5.36. The lowest BCUT2D eigenvalue weighted by molar-refractivity contribution is 0.417. The summed E-state index contributed by atoms with van der Waals surface area (Å²) < 4.78 is 14.9. The van der Waals surface area contributed by atoms with Gasteiger partial charge in [0, 0.05) is 0 Å². The van der Waals surface area contributed by atoms with Gasteiger partial charge in [-0.3, -0.25) is 0 Å². The van der Waals surface area contributed by atoms with Crippen LogP contribution in [0.15, 0.2) is 7.57 Å². The Balaban J connectivity index is 2.78. The van der Waals surface area contributed by atoms with Crippen LogP contribution in [0.2, 0.25) is 0 Å². The smallest absolute Gasteiger partial charge is 0.161 e. The maximum atomic E-state index is 5.31. The zero-order chi connectivity index (χ0) is 10.3. The Kier molecular flexibility index (Phi) is 3.06. The molecule has 2 aromatic rings. The van der Waals surface area contributed by atoms with Crippen molar-refractivity contribution in [1.82, 2.24) is 0 Å². The van der Waals surface area contributed by atoms with Crippen LogP contribution < -0.4 is 9.47 Å². The van der Waals surface area contributed by atoms with Crippen LogP contribution in [-0.2, 0) is 0 Å². The van der Waals surface area contributed by atoms with Crippen molar-refractivity contribution in [2.75, 3.05) is 14.2 Å². The van der Waals surface area contributed by atoms with E-state index in [1.54, 1.807) is 36.9 Å². The van der Waals surface area contributed by atoms with Gasteiger partial charge < -0.3 is 9.47 Å². The fourth-order valence-electron chi connectivity index (χ4n) is 1.19. The first kappa shape index (κ1) is 10.7. The number of thiophene rings is 2. The molecule has 0 amide bonds. The highest BCUT2D eigenvalue weighted by atomic mass is 79.9. The average Bonchev–Trinajstić information content (AvgIpc) is 2.58. The summed E-state index contributed by atoms with van der Waals surface area (Å²) in [4.78, 5) is 0. The third-order valence-electron chi connectivity index (χ3n) is 1.77. The first-order chi connectivity index (χ1) is 6.69. The zero-order valence-electron chi connectivity index (χ0n) is 7.39. The minimum absolute atomic E-state index is 0.888. The fraction of sp³-hybridized carbons (Fsp3) is 0.250. The van der Waals surface area contributed by atoms with Gasteiger partial charge in [-0.2, -0.15) is 0 Å². The maximum Gasteiger partial charge on any atom is 0.161 e. The molecule has 2 heterocycles. The molecular weight excluding hydrogens is 352 g/mol. The molecule has 0 radical (unpaired) electrons. The van der Waals surface area contributed by atoms with Crippen LogP contribution in [-0.4, -0.2) is 14.2 Å². The predicted octanol–water partition coefficient (Wildman–Crippen LogP) is 4.51. The Hall–Kier alpha value is 0.220. The molecule has 0 aliphatic carbocycles. The maximum absolute atomic E-state index is 5.31. The molecule has 0 N–H and O–H groups in total. The topological polar surface area (TPSA) is 18.5 Å². The molecule has 14 heavy (non-hydrogen) atoms. The molecule has 0 unspecified atom stereocenters. The van der Waals surface area contributed by atoms with Crippen molar-refractivity contribution in [3.05, 3.63) is 7.57 Å². The van der Waals surface area contributed by atoms with E-state index < -0.39 is 0 Å². The highest BCUT2D eigenvalue weighted by Crippen LogP contribution is 2.52. The largest absolute Gasteiger partial charge is 0.493 e. The zero-order valence-corrected chi connectivity index (χ0v) is 12.2. The summed E-state index contributed by atoms with van der Waals surface area (Å²) in [7, 11) is 3.35. The number of halogens is 2. The molecule has 0 aliphatic heterocycles. The van der Waals surface area contributed by atoms with Gasteiger partial charge in [-0.05, 0) is 31.9 Å². The van der Waals surface area contributed by atoms with Crippen molar-refractivity contribution >= 4 is 63.9 Å². The second kappa shape index (κ2) is 4.00. The molecule has 2 rings (SSSR count). The van der Waals surface area contributed by atoms with Crippen LogP contribution >= 0.6 is 54.5 Å². The van der Waals surface area contributed by atoms with Crippen LogP contribution in [0.3, 0.4) is 0 Å². The van der Waals surface area contributed by atoms with Gasteiger partial charge in [0.25, 0.3) is 0 Å². The molecule has 0 saturated heterocycles. The normalized spacial score (nSPS) is 10.9. The minimum atomic E-state index is 0.888. The standard InChI is InChI=1S/C8H6Br2O2S2/c1-11-3-5-6(14-7(3)9)4(12-2)8(10)13-5/h1-2H3. The van der Waals surface area contributed by atoms with Crippen molar-refractivity contribution in [1.29, 1.82) is 0 Å². The van der Waals surface area contributed by atoms with E-state index in [0.29, 0.717) is 0 Å². The molecule has 0 saturated carbocycles. The monoisotopic (exact) mass is 356 g/mol. The Labute approximate surface area is 106 Å². The van der Waals surface area contributed by atoms with Crippen LogP contribution in [0.1, 0.15) is 0 Å². The minimum Gasteiger partial charge on any atom is -0.493 e. The van der Waals surface area contributed by atoms with Crippen LogP contribution in [0.4, 0.5) is 0 Å². The first-order valence-electron chi connectivity index (χ1n) is 3.67. The van der Waals surface area contributed by atoms with Crippen molar-refractivity contribution in [2.45, 2.75) is 0 Å². The van der Waals surface area contributed by atoms with E-state index in [4.69, 9.17) is 9.47 Å². The number of rotatable bonds is 2. The second-order valence-electron chi connectivity index (χ2n) is 2.48. The highest BCUT2D eigenvalue weighted by molar-refractivity contribution is 9.11. The molecule has 76 valence electrons. The Morgan fingerprint density at radius 3 is 1.50 bits per heavy atom. The average molecular weight is 358 g/mol. The highest BCUT2D eigenvalue weighted by Gasteiger charge is 2.19. The summed E-state index contributed by atoms with van der Waals surface area (Å²) >= 11 is 10.2. The summed E-state index contributed by atoms with van der Waals surface area (Å²) in [5, 5.41) is 0. The van der Waals surface area contributed by atoms with Gasteiger partial charge in [0.15, 0.2) is 11.5 Å². The lowest BCUT2D eigenvalue weighted by Crippen LogP contribution is -1.78. The van der Waals surface area contributed by atoms with Crippen LogP contribution in [0.5, 0.6) is 11.5 Å². The van der Waals surface area contributed by atoms with Gasteiger partial charge in [-0.25, -0.2) is 0 Å². The third kappa shape index (κ3) is 1.48. The summed E-state index contributed by atoms with van der Waals surface area (Å²) in [6, 6.07) is 0. The van der Waals surface area contributed by atoms with E-state index in [1.807, 2.05) is 0 Å². The summed E-state index contributed by atoms with van der Waals surface area (Å²) in [5.74, 6) is 1.78. The van der Waals surface area contributed by atoms with Gasteiger partial charge in [0.05, 0.1) is 23.6 Å². The Morgan fingerprint density at radius 2 is 1.21 bits per heavy atom. The quantitative estimate of drug-likeness (QED) is 0.787. The molecule has 0 spiro atoms. The van der Waals surface area contributed by atoms with Crippen LogP contribution in [0, 0.1) is 0 Å². The van der Waals surface area contributed by atoms with E-state index >= 15 is 0 Å². The summed E-state index contributed by atoms with van der Waals surface area (Å²) in [6.45, 7) is 0. The van der Waals surface area contributed by atoms with Gasteiger partial charge >= 0.3 is 0 Å². The van der Waals surface area contributed by atoms with E-state index in [1.165, 1.54) is 0 Å². The number of ether oxygens (including phenoxy) is 2. The third-order valence-corrected chi connectivity index (χ3v) is 5.50. The molecule has 6 heteroatoms. The van der Waals surface area contributed by atoms with Crippen molar-refractivity contribution in [3.63, 3.8) is 0 Å². The van der Waals surface area contributed by atoms with Crippen LogP contribution in [0.25, 0.3) is 9.40 Å². The van der Waals surface area contributed by atoms with E-state index in [0.717, 1.165) is 28.5 Å². The lowest BCUT2D eigenvalue weighted by Gasteiger charge is -1.94. The number of hydrogen-bond donors (Lipinski definition) is 0. The predicted molar refractivity (Wildman–Crippen MR) is 68.2 cm³/mol. The molecule has 0 bridgehead atoms. The molecule has 2 aromatic heterocycles. The molecule has 0 aliphatic rings. The Morgan fingerprint density at radius 1 is 0.857 bits per heavy atom. The SMILES string of the molecule is COc1c(Br)sc2c(OC)c(Br)sc12. The Bertz CT molecular complexity index is 431. The number of hydrogen-bond acceptors (Lipinski definition) is 4. The van der Waals surface area contributed by atoms with Crippen molar-refractivity contribution < 1.29 is 9.47 Å². The van der Waals surface area contributed by atoms with Gasteiger partial charge in [0.2, 0.25) is 0 Å². The second-order valence-corrected chi connectivity index (χ2v) is 7.15. The molecule has 0 fully saturated rings. The lowest BCUT2D eigenvalue weighted by atomic mass is 10.5. The van der Waals surface area contributed by atoms with Gasteiger partial charge in [-0.1, -0.05) is 0 Å². The van der Waals surface area contributed by atoms with E-state index in [-0.39, 0.29) is 0 Å². The molecule has 0 aromatic carbocycles. The molecule has 2 nitrogen and oxygen atoms in total. The molecular formula is C8H6Br2O2S2. The van der Waals surface area contributed by atoms with Crippen molar-refractivity contribution in [3.8, 4) is 11.5 Å². The molecule has 0 atom stereocenters. The number of fused-ring (bicyclic) bond motifs is 1. The summed E-state index contributed by atoms with van der Waals surface area (Å²) in [5.41, 5.74) is 0. The van der Waals surface area contributed by atoms with Crippen molar-refractivity contribution in [2.24, 2.45) is 0 Å². The van der Waals surface area contributed by atoms with Gasteiger partial charge in [0.1, 0.15) is 7.57 Å².